The number of nitro groups is 1. The SMILES string of the molecule is O=COC(CC1CCNCC1)c1ncnc(Nc2ccc(C(=O)c3ccccc3)cc2)c1[N+](=O)[O-]. The van der Waals surface area contributed by atoms with E-state index in [4.69, 9.17) is 4.74 Å². The maximum Gasteiger partial charge on any atom is 0.336 e. The molecule has 0 spiro atoms. The second-order valence-electron chi connectivity index (χ2n) is 8.26. The van der Waals surface area contributed by atoms with Gasteiger partial charge in [0.25, 0.3) is 6.47 Å². The summed E-state index contributed by atoms with van der Waals surface area (Å²) >= 11 is 0. The van der Waals surface area contributed by atoms with Gasteiger partial charge in [0, 0.05) is 16.8 Å². The van der Waals surface area contributed by atoms with Crippen LogP contribution in [0.25, 0.3) is 0 Å². The molecule has 0 bridgehead atoms. The van der Waals surface area contributed by atoms with E-state index in [0.717, 1.165) is 25.9 Å². The summed E-state index contributed by atoms with van der Waals surface area (Å²) < 4.78 is 5.25. The molecule has 180 valence electrons. The van der Waals surface area contributed by atoms with Crippen molar-refractivity contribution in [2.24, 2.45) is 5.92 Å². The number of aromatic nitrogens is 2. The summed E-state index contributed by atoms with van der Waals surface area (Å²) in [5.74, 6) is 0.105. The number of rotatable bonds is 10. The van der Waals surface area contributed by atoms with Crippen LogP contribution in [0.3, 0.4) is 0 Å². The van der Waals surface area contributed by atoms with Gasteiger partial charge in [0.1, 0.15) is 6.33 Å². The summed E-state index contributed by atoms with van der Waals surface area (Å²) in [6.07, 6.45) is 2.56. The lowest BCUT2D eigenvalue weighted by atomic mass is 9.90. The molecule has 0 radical (unpaired) electrons. The molecule has 0 aliphatic carbocycles. The van der Waals surface area contributed by atoms with Gasteiger partial charge in [-0.25, -0.2) is 9.97 Å². The highest BCUT2D eigenvalue weighted by Gasteiger charge is 2.32. The number of carbonyl (C=O) groups excluding carboxylic acids is 2. The summed E-state index contributed by atoms with van der Waals surface area (Å²) in [5.41, 5.74) is 1.26. The molecule has 3 aromatic rings. The number of ether oxygens (including phenoxy) is 1. The van der Waals surface area contributed by atoms with Gasteiger partial charge in [-0.15, -0.1) is 0 Å². The Bertz CT molecular complexity index is 1180. The van der Waals surface area contributed by atoms with Crippen molar-refractivity contribution in [1.82, 2.24) is 15.3 Å². The van der Waals surface area contributed by atoms with Gasteiger partial charge in [0.2, 0.25) is 5.82 Å². The maximum atomic E-state index is 12.6. The fourth-order valence-corrected chi connectivity index (χ4v) is 4.22. The van der Waals surface area contributed by atoms with Crippen LogP contribution in [-0.4, -0.2) is 40.2 Å². The minimum atomic E-state index is -0.856. The van der Waals surface area contributed by atoms with Crippen molar-refractivity contribution in [3.63, 3.8) is 0 Å². The third-order valence-corrected chi connectivity index (χ3v) is 6.01. The summed E-state index contributed by atoms with van der Waals surface area (Å²) in [4.78, 5) is 43.4. The van der Waals surface area contributed by atoms with Crippen LogP contribution in [0.1, 0.15) is 47.0 Å². The zero-order chi connectivity index (χ0) is 24.6. The number of benzene rings is 2. The van der Waals surface area contributed by atoms with Crippen LogP contribution in [0.4, 0.5) is 17.2 Å². The predicted octanol–water partition coefficient (Wildman–Crippen LogP) is 3.96. The Balaban J connectivity index is 1.58. The zero-order valence-corrected chi connectivity index (χ0v) is 18.9. The van der Waals surface area contributed by atoms with E-state index in [1.54, 1.807) is 48.5 Å². The Morgan fingerprint density at radius 2 is 1.80 bits per heavy atom. The molecule has 1 fully saturated rings. The second-order valence-corrected chi connectivity index (χ2v) is 8.26. The molecule has 10 nitrogen and oxygen atoms in total. The first-order valence-electron chi connectivity index (χ1n) is 11.3. The Morgan fingerprint density at radius 1 is 1.11 bits per heavy atom. The van der Waals surface area contributed by atoms with E-state index in [-0.39, 0.29) is 28.9 Å². The van der Waals surface area contributed by atoms with Gasteiger partial charge in [0.15, 0.2) is 17.6 Å². The van der Waals surface area contributed by atoms with Gasteiger partial charge in [-0.05, 0) is 62.5 Å². The van der Waals surface area contributed by atoms with Crippen molar-refractivity contribution >= 4 is 29.4 Å². The molecule has 1 aromatic heterocycles. The molecule has 1 saturated heterocycles. The standard InChI is InChI=1S/C25H25N5O5/c31-16-35-21(14-17-10-12-26-13-11-17)22-23(30(33)34)25(28-15-27-22)29-20-8-6-19(7-9-20)24(32)18-4-2-1-3-5-18/h1-9,15-17,21,26H,10-14H2,(H,27,28,29). The average Bonchev–Trinajstić information content (AvgIpc) is 2.89. The molecule has 0 amide bonds. The molecule has 35 heavy (non-hydrogen) atoms. The number of hydrogen-bond acceptors (Lipinski definition) is 9. The summed E-state index contributed by atoms with van der Waals surface area (Å²) in [6.45, 7) is 1.99. The van der Waals surface area contributed by atoms with Crippen LogP contribution in [-0.2, 0) is 9.53 Å². The first-order chi connectivity index (χ1) is 17.1. The van der Waals surface area contributed by atoms with Crippen molar-refractivity contribution in [1.29, 1.82) is 0 Å². The summed E-state index contributed by atoms with van der Waals surface area (Å²) in [6, 6.07) is 15.5. The lowest BCUT2D eigenvalue weighted by molar-refractivity contribution is -0.385. The van der Waals surface area contributed by atoms with E-state index in [0.29, 0.717) is 29.7 Å². The summed E-state index contributed by atoms with van der Waals surface area (Å²) in [7, 11) is 0. The number of hydrogen-bond donors (Lipinski definition) is 2. The molecule has 1 aliphatic heterocycles. The van der Waals surface area contributed by atoms with E-state index in [1.165, 1.54) is 6.33 Å². The van der Waals surface area contributed by atoms with E-state index in [9.17, 15) is 19.7 Å². The fourth-order valence-electron chi connectivity index (χ4n) is 4.22. The van der Waals surface area contributed by atoms with Gasteiger partial charge in [-0.1, -0.05) is 30.3 Å². The molecule has 2 heterocycles. The highest BCUT2D eigenvalue weighted by molar-refractivity contribution is 6.09. The first kappa shape index (κ1) is 24.0. The Morgan fingerprint density at radius 3 is 2.46 bits per heavy atom. The monoisotopic (exact) mass is 475 g/mol. The third kappa shape index (κ3) is 5.85. The molecule has 2 aromatic carbocycles. The van der Waals surface area contributed by atoms with Crippen molar-refractivity contribution in [3.8, 4) is 0 Å². The van der Waals surface area contributed by atoms with Crippen molar-refractivity contribution in [3.05, 3.63) is 87.9 Å². The highest BCUT2D eigenvalue weighted by Crippen LogP contribution is 2.36. The Labute approximate surface area is 201 Å². The largest absolute Gasteiger partial charge is 0.458 e. The number of nitrogens with zero attached hydrogens (tertiary/aromatic N) is 3. The van der Waals surface area contributed by atoms with Gasteiger partial charge in [-0.3, -0.25) is 19.7 Å². The molecule has 1 unspecified atom stereocenters. The number of anilines is 2. The maximum absolute atomic E-state index is 12.6. The van der Waals surface area contributed by atoms with E-state index in [1.807, 2.05) is 6.07 Å². The van der Waals surface area contributed by atoms with Crippen molar-refractivity contribution in [2.75, 3.05) is 18.4 Å². The van der Waals surface area contributed by atoms with E-state index < -0.39 is 11.0 Å². The minimum absolute atomic E-state index is 0.0213. The lowest BCUT2D eigenvalue weighted by Gasteiger charge is -2.25. The molecule has 2 N–H and O–H groups in total. The molecule has 1 atom stereocenters. The molecule has 4 rings (SSSR count). The normalized spacial score (nSPS) is 14.6. The van der Waals surface area contributed by atoms with E-state index >= 15 is 0 Å². The van der Waals surface area contributed by atoms with Crippen LogP contribution in [0.5, 0.6) is 0 Å². The lowest BCUT2D eigenvalue weighted by Crippen LogP contribution is -2.29. The molecule has 0 saturated carbocycles. The van der Waals surface area contributed by atoms with E-state index in [2.05, 4.69) is 20.6 Å². The van der Waals surface area contributed by atoms with Gasteiger partial charge >= 0.3 is 5.69 Å². The quantitative estimate of drug-likeness (QED) is 0.193. The number of carbonyl (C=O) groups is 2. The summed E-state index contributed by atoms with van der Waals surface area (Å²) in [5, 5.41) is 18.2. The fraction of sp³-hybridized carbons (Fsp3) is 0.280. The van der Waals surface area contributed by atoms with Crippen LogP contribution in [0.2, 0.25) is 0 Å². The number of piperidine rings is 1. The van der Waals surface area contributed by atoms with Crippen LogP contribution in [0, 0.1) is 16.0 Å². The van der Waals surface area contributed by atoms with Crippen molar-refractivity contribution in [2.45, 2.75) is 25.4 Å². The first-order valence-corrected chi connectivity index (χ1v) is 11.3. The Hall–Kier alpha value is -4.18. The third-order valence-electron chi connectivity index (χ3n) is 6.01. The number of ketones is 1. The van der Waals surface area contributed by atoms with Gasteiger partial charge in [0.05, 0.1) is 4.92 Å². The molecule has 10 heteroatoms. The highest BCUT2D eigenvalue weighted by atomic mass is 16.6. The smallest absolute Gasteiger partial charge is 0.336 e. The average molecular weight is 476 g/mol. The molecular weight excluding hydrogens is 450 g/mol. The van der Waals surface area contributed by atoms with Crippen LogP contribution < -0.4 is 10.6 Å². The predicted molar refractivity (Wildman–Crippen MR) is 128 cm³/mol. The molecule has 1 aliphatic rings. The zero-order valence-electron chi connectivity index (χ0n) is 18.9. The Kier molecular flexibility index (Phi) is 7.74. The number of nitrogens with one attached hydrogen (secondary N) is 2. The minimum Gasteiger partial charge on any atom is -0.458 e. The topological polar surface area (TPSA) is 136 Å². The van der Waals surface area contributed by atoms with Crippen LogP contribution >= 0.6 is 0 Å². The van der Waals surface area contributed by atoms with Gasteiger partial charge < -0.3 is 15.4 Å². The van der Waals surface area contributed by atoms with Gasteiger partial charge in [-0.2, -0.15) is 0 Å². The van der Waals surface area contributed by atoms with Crippen molar-refractivity contribution < 1.29 is 19.2 Å². The second kappa shape index (κ2) is 11.3. The molecular formula is C25H25N5O5. The van der Waals surface area contributed by atoms with Crippen LogP contribution in [0.15, 0.2) is 60.9 Å².